The van der Waals surface area contributed by atoms with Gasteiger partial charge in [-0.15, -0.1) is 0 Å². The van der Waals surface area contributed by atoms with E-state index in [9.17, 15) is 14.9 Å². The number of nitro groups is 1. The van der Waals surface area contributed by atoms with Crippen LogP contribution in [0.15, 0.2) is 53.1 Å². The topological polar surface area (TPSA) is 102 Å². The number of carbonyl (C=O) groups excluding carboxylic acids is 1. The first-order valence-corrected chi connectivity index (χ1v) is 9.53. The summed E-state index contributed by atoms with van der Waals surface area (Å²) in [6, 6.07) is 13.7. The highest BCUT2D eigenvalue weighted by atomic mass is 35.5. The number of benzene rings is 2. The van der Waals surface area contributed by atoms with Crippen molar-refractivity contribution in [2.75, 3.05) is 13.1 Å². The molecular weight excluding hydrogens is 396 g/mol. The molecule has 148 valence electrons. The van der Waals surface area contributed by atoms with Gasteiger partial charge in [0.1, 0.15) is 5.02 Å². The summed E-state index contributed by atoms with van der Waals surface area (Å²) in [6.45, 7) is 1.01. The lowest BCUT2D eigenvalue weighted by Crippen LogP contribution is -2.38. The average molecular weight is 413 g/mol. The number of rotatable bonds is 4. The predicted molar refractivity (Wildman–Crippen MR) is 106 cm³/mol. The van der Waals surface area contributed by atoms with Crippen LogP contribution in [0.4, 0.5) is 5.69 Å². The number of hydrogen-bond acceptors (Lipinski definition) is 6. The molecule has 0 atom stereocenters. The molecule has 0 N–H and O–H groups in total. The zero-order valence-electron chi connectivity index (χ0n) is 15.3. The van der Waals surface area contributed by atoms with Crippen molar-refractivity contribution in [2.45, 2.75) is 18.8 Å². The number of halogens is 1. The Hall–Kier alpha value is -3.26. The molecule has 29 heavy (non-hydrogen) atoms. The maximum Gasteiger partial charge on any atom is 0.288 e. The maximum atomic E-state index is 12.7. The minimum atomic E-state index is -0.592. The first-order valence-electron chi connectivity index (χ1n) is 9.15. The molecule has 0 saturated carbocycles. The summed E-state index contributed by atoms with van der Waals surface area (Å²) >= 11 is 5.83. The quantitative estimate of drug-likeness (QED) is 0.467. The number of aromatic nitrogens is 2. The van der Waals surface area contributed by atoms with E-state index in [1.165, 1.54) is 18.2 Å². The molecule has 4 rings (SSSR count). The van der Waals surface area contributed by atoms with Gasteiger partial charge >= 0.3 is 0 Å². The smallest absolute Gasteiger partial charge is 0.288 e. The van der Waals surface area contributed by atoms with E-state index in [4.69, 9.17) is 16.1 Å². The molecule has 1 aliphatic heterocycles. The third kappa shape index (κ3) is 3.97. The molecule has 1 aliphatic rings. The molecule has 1 aromatic heterocycles. The Morgan fingerprint density at radius 2 is 1.90 bits per heavy atom. The van der Waals surface area contributed by atoms with Gasteiger partial charge in [-0.3, -0.25) is 14.9 Å². The van der Waals surface area contributed by atoms with Gasteiger partial charge < -0.3 is 9.42 Å². The first kappa shape index (κ1) is 19.1. The number of nitro benzene ring substituents is 1. The average Bonchev–Trinajstić information content (AvgIpc) is 3.24. The molecule has 1 fully saturated rings. The van der Waals surface area contributed by atoms with Crippen LogP contribution in [0.1, 0.15) is 35.0 Å². The molecule has 9 heteroatoms. The van der Waals surface area contributed by atoms with E-state index in [0.29, 0.717) is 37.6 Å². The molecule has 2 aromatic carbocycles. The van der Waals surface area contributed by atoms with Crippen molar-refractivity contribution in [3.63, 3.8) is 0 Å². The molecule has 8 nitrogen and oxygen atoms in total. The highest BCUT2D eigenvalue weighted by molar-refractivity contribution is 6.32. The fraction of sp³-hybridized carbons (Fsp3) is 0.250. The number of carbonyl (C=O) groups is 1. The lowest BCUT2D eigenvalue weighted by atomic mass is 9.96. The Morgan fingerprint density at radius 3 is 2.59 bits per heavy atom. The molecule has 0 unspecified atom stereocenters. The summed E-state index contributed by atoms with van der Waals surface area (Å²) < 4.78 is 5.44. The van der Waals surface area contributed by atoms with Crippen molar-refractivity contribution < 1.29 is 14.2 Å². The van der Waals surface area contributed by atoms with Crippen LogP contribution in [-0.4, -0.2) is 39.0 Å². The lowest BCUT2D eigenvalue weighted by Gasteiger charge is -2.30. The highest BCUT2D eigenvalue weighted by Gasteiger charge is 2.29. The third-order valence-corrected chi connectivity index (χ3v) is 5.31. The van der Waals surface area contributed by atoms with Crippen LogP contribution in [0.3, 0.4) is 0 Å². The van der Waals surface area contributed by atoms with Crippen molar-refractivity contribution in [3.8, 4) is 11.4 Å². The molecule has 1 saturated heterocycles. The van der Waals surface area contributed by atoms with Gasteiger partial charge in [0, 0.05) is 36.2 Å². The predicted octanol–water partition coefficient (Wildman–Crippen LogP) is 4.32. The number of piperidine rings is 1. The second-order valence-electron chi connectivity index (χ2n) is 6.81. The molecule has 2 heterocycles. The zero-order valence-corrected chi connectivity index (χ0v) is 16.1. The van der Waals surface area contributed by atoms with E-state index in [-0.39, 0.29) is 28.1 Å². The fourth-order valence-corrected chi connectivity index (χ4v) is 3.59. The Morgan fingerprint density at radius 1 is 1.17 bits per heavy atom. The normalized spacial score (nSPS) is 14.7. The van der Waals surface area contributed by atoms with Gasteiger partial charge in [0.2, 0.25) is 11.7 Å². The molecule has 0 radical (unpaired) electrons. The Bertz CT molecular complexity index is 1050. The van der Waals surface area contributed by atoms with Crippen LogP contribution in [0.25, 0.3) is 11.4 Å². The van der Waals surface area contributed by atoms with Gasteiger partial charge in [0.15, 0.2) is 0 Å². The third-order valence-electron chi connectivity index (χ3n) is 4.99. The maximum absolute atomic E-state index is 12.7. The SMILES string of the molecule is O=C(c1ccc(Cl)c([N+](=O)[O-])c1)N1CCC(c2nc(-c3ccccc3)no2)CC1. The number of hydrogen-bond donors (Lipinski definition) is 0. The van der Waals surface area contributed by atoms with E-state index in [1.54, 1.807) is 4.90 Å². The van der Waals surface area contributed by atoms with Crippen LogP contribution in [-0.2, 0) is 0 Å². The molecule has 1 amide bonds. The molecule has 3 aromatic rings. The Balaban J connectivity index is 1.42. The van der Waals surface area contributed by atoms with Gasteiger partial charge in [-0.1, -0.05) is 47.1 Å². The molecular formula is C20H17ClN4O4. The Kier molecular flexibility index (Phi) is 5.26. The van der Waals surface area contributed by atoms with Gasteiger partial charge in [-0.2, -0.15) is 4.98 Å². The second-order valence-corrected chi connectivity index (χ2v) is 7.22. The monoisotopic (exact) mass is 412 g/mol. The van der Waals surface area contributed by atoms with Crippen LogP contribution >= 0.6 is 11.6 Å². The van der Waals surface area contributed by atoms with E-state index < -0.39 is 4.92 Å². The number of likely N-dealkylation sites (tertiary alicyclic amines) is 1. The minimum absolute atomic E-state index is 0.0101. The standard InChI is InChI=1S/C20H17ClN4O4/c21-16-7-6-15(12-17(16)25(27)28)20(26)24-10-8-14(9-11-24)19-22-18(23-29-19)13-4-2-1-3-5-13/h1-7,12,14H,8-11H2. The highest BCUT2D eigenvalue weighted by Crippen LogP contribution is 2.30. The summed E-state index contributed by atoms with van der Waals surface area (Å²) in [5, 5.41) is 15.1. The van der Waals surface area contributed by atoms with Gasteiger partial charge in [0.25, 0.3) is 11.6 Å². The summed E-state index contributed by atoms with van der Waals surface area (Å²) in [5.74, 6) is 0.938. The van der Waals surface area contributed by atoms with E-state index in [0.717, 1.165) is 5.56 Å². The fourth-order valence-electron chi connectivity index (χ4n) is 3.40. The summed E-state index contributed by atoms with van der Waals surface area (Å²) in [7, 11) is 0. The molecule has 0 aliphatic carbocycles. The molecule has 0 bridgehead atoms. The van der Waals surface area contributed by atoms with Crippen LogP contribution < -0.4 is 0 Å². The summed E-state index contributed by atoms with van der Waals surface area (Å²) in [4.78, 5) is 29.4. The first-order chi connectivity index (χ1) is 14.0. The van der Waals surface area contributed by atoms with Crippen molar-refractivity contribution in [1.82, 2.24) is 15.0 Å². The zero-order chi connectivity index (χ0) is 20.4. The summed E-state index contributed by atoms with van der Waals surface area (Å²) in [5.41, 5.74) is 0.870. The van der Waals surface area contributed by atoms with Crippen LogP contribution in [0.5, 0.6) is 0 Å². The van der Waals surface area contributed by atoms with Crippen LogP contribution in [0, 0.1) is 10.1 Å². The number of nitrogens with zero attached hydrogens (tertiary/aromatic N) is 4. The van der Waals surface area contributed by atoms with Crippen molar-refractivity contribution in [1.29, 1.82) is 0 Å². The molecule has 0 spiro atoms. The van der Waals surface area contributed by atoms with Crippen molar-refractivity contribution >= 4 is 23.2 Å². The Labute approximate surface area is 171 Å². The summed E-state index contributed by atoms with van der Waals surface area (Å²) in [6.07, 6.45) is 1.36. The van der Waals surface area contributed by atoms with Crippen molar-refractivity contribution in [3.05, 3.63) is 75.1 Å². The lowest BCUT2D eigenvalue weighted by molar-refractivity contribution is -0.384. The van der Waals surface area contributed by atoms with Gasteiger partial charge in [-0.05, 0) is 25.0 Å². The van der Waals surface area contributed by atoms with E-state index in [2.05, 4.69) is 10.1 Å². The largest absolute Gasteiger partial charge is 0.339 e. The van der Waals surface area contributed by atoms with E-state index >= 15 is 0 Å². The second kappa shape index (κ2) is 8.00. The van der Waals surface area contributed by atoms with Gasteiger partial charge in [-0.25, -0.2) is 0 Å². The minimum Gasteiger partial charge on any atom is -0.339 e. The van der Waals surface area contributed by atoms with Crippen LogP contribution in [0.2, 0.25) is 5.02 Å². The van der Waals surface area contributed by atoms with Crippen molar-refractivity contribution in [2.24, 2.45) is 0 Å². The van der Waals surface area contributed by atoms with Gasteiger partial charge in [0.05, 0.1) is 4.92 Å². The number of amides is 1. The van der Waals surface area contributed by atoms with E-state index in [1.807, 2.05) is 30.3 Å².